The quantitative estimate of drug-likeness (QED) is 0.556. The summed E-state index contributed by atoms with van der Waals surface area (Å²) in [6.07, 6.45) is 4.12. The summed E-state index contributed by atoms with van der Waals surface area (Å²) in [5, 5.41) is 9.24. The van der Waals surface area contributed by atoms with Crippen molar-refractivity contribution >= 4 is 34.5 Å². The molecule has 2 aromatic heterocycles. The van der Waals surface area contributed by atoms with Crippen LogP contribution < -0.4 is 4.90 Å². The Hall–Kier alpha value is -2.87. The Morgan fingerprint density at radius 2 is 1.88 bits per heavy atom. The van der Waals surface area contributed by atoms with Gasteiger partial charge >= 0.3 is 6.09 Å². The first-order valence-corrected chi connectivity index (χ1v) is 11.9. The summed E-state index contributed by atoms with van der Waals surface area (Å²) in [6.45, 7) is 9.19. The number of pyridine rings is 1. The summed E-state index contributed by atoms with van der Waals surface area (Å²) < 4.78 is 7.44. The Bertz CT molecular complexity index is 1160. The number of ether oxygens (including phenoxy) is 1. The second-order valence-corrected chi connectivity index (χ2v) is 10.2. The van der Waals surface area contributed by atoms with Crippen molar-refractivity contribution in [2.24, 2.45) is 5.92 Å². The molecule has 33 heavy (non-hydrogen) atoms. The standard InChI is InChI=1S/C24H29ClN6O2/c1-24(2,3)33-23(32)30-12-10-29(11-13-30)20-9-6-17(14-26-20)18-7-8-19-22(21(18)25)27-28-31(19)15-16-4-5-16/h6-9,14,16H,4-5,10-13,15H2,1-3H3. The zero-order valence-electron chi connectivity index (χ0n) is 19.3. The molecule has 3 aromatic rings. The molecule has 0 bridgehead atoms. The molecule has 1 aliphatic carbocycles. The van der Waals surface area contributed by atoms with Crippen LogP contribution >= 0.6 is 11.6 Å². The highest BCUT2D eigenvalue weighted by Crippen LogP contribution is 2.35. The predicted molar refractivity (Wildman–Crippen MR) is 129 cm³/mol. The van der Waals surface area contributed by atoms with Crippen LogP contribution in [0.25, 0.3) is 22.2 Å². The highest BCUT2D eigenvalue weighted by Gasteiger charge is 2.27. The molecule has 0 unspecified atom stereocenters. The van der Waals surface area contributed by atoms with E-state index >= 15 is 0 Å². The second kappa shape index (κ2) is 8.48. The summed E-state index contributed by atoms with van der Waals surface area (Å²) in [4.78, 5) is 20.9. The van der Waals surface area contributed by atoms with Crippen molar-refractivity contribution < 1.29 is 9.53 Å². The average molecular weight is 469 g/mol. The van der Waals surface area contributed by atoms with Gasteiger partial charge in [0.05, 0.1) is 10.5 Å². The van der Waals surface area contributed by atoms with E-state index in [9.17, 15) is 4.79 Å². The van der Waals surface area contributed by atoms with Crippen LogP contribution in [0.5, 0.6) is 0 Å². The number of anilines is 1. The Morgan fingerprint density at radius 3 is 2.52 bits per heavy atom. The number of rotatable bonds is 4. The fourth-order valence-electron chi connectivity index (χ4n) is 4.08. The van der Waals surface area contributed by atoms with Gasteiger partial charge in [0.15, 0.2) is 0 Å². The molecule has 0 radical (unpaired) electrons. The van der Waals surface area contributed by atoms with E-state index in [1.807, 2.05) is 55.9 Å². The Morgan fingerprint density at radius 1 is 1.12 bits per heavy atom. The summed E-state index contributed by atoms with van der Waals surface area (Å²) in [5.41, 5.74) is 3.06. The molecule has 1 aliphatic heterocycles. The van der Waals surface area contributed by atoms with E-state index in [2.05, 4.69) is 20.2 Å². The van der Waals surface area contributed by atoms with Crippen molar-refractivity contribution in [1.82, 2.24) is 24.9 Å². The van der Waals surface area contributed by atoms with Crippen molar-refractivity contribution in [2.75, 3.05) is 31.1 Å². The van der Waals surface area contributed by atoms with Crippen molar-refractivity contribution in [3.05, 3.63) is 35.5 Å². The van der Waals surface area contributed by atoms with Crippen LogP contribution in [0.4, 0.5) is 10.6 Å². The van der Waals surface area contributed by atoms with E-state index < -0.39 is 5.60 Å². The van der Waals surface area contributed by atoms with Gasteiger partial charge in [-0.3, -0.25) is 0 Å². The first-order valence-electron chi connectivity index (χ1n) is 11.5. The molecule has 5 rings (SSSR count). The van der Waals surface area contributed by atoms with Gasteiger partial charge in [0.1, 0.15) is 16.9 Å². The molecule has 0 atom stereocenters. The fraction of sp³-hybridized carbons (Fsp3) is 0.500. The van der Waals surface area contributed by atoms with Gasteiger partial charge in [-0.2, -0.15) is 0 Å². The molecule has 174 valence electrons. The van der Waals surface area contributed by atoms with Crippen LogP contribution in [0.1, 0.15) is 33.6 Å². The zero-order chi connectivity index (χ0) is 23.2. The Balaban J connectivity index is 1.27. The third-order valence-corrected chi connectivity index (χ3v) is 6.45. The minimum Gasteiger partial charge on any atom is -0.444 e. The van der Waals surface area contributed by atoms with Gasteiger partial charge in [0.25, 0.3) is 0 Å². The van der Waals surface area contributed by atoms with Gasteiger partial charge in [-0.25, -0.2) is 14.5 Å². The molecule has 0 spiro atoms. The van der Waals surface area contributed by atoms with Crippen LogP contribution in [-0.2, 0) is 11.3 Å². The van der Waals surface area contributed by atoms with Crippen LogP contribution in [-0.4, -0.2) is 62.8 Å². The van der Waals surface area contributed by atoms with Gasteiger partial charge in [0, 0.05) is 50.0 Å². The predicted octanol–water partition coefficient (Wildman–Crippen LogP) is 4.61. The molecule has 9 heteroatoms. The molecular formula is C24H29ClN6O2. The maximum absolute atomic E-state index is 12.3. The molecule has 3 heterocycles. The van der Waals surface area contributed by atoms with Crippen molar-refractivity contribution in [3.63, 3.8) is 0 Å². The molecule has 2 aliphatic rings. The maximum Gasteiger partial charge on any atom is 0.410 e. The zero-order valence-corrected chi connectivity index (χ0v) is 20.0. The lowest BCUT2D eigenvalue weighted by Gasteiger charge is -2.36. The van der Waals surface area contributed by atoms with Crippen LogP contribution in [0.15, 0.2) is 30.5 Å². The largest absolute Gasteiger partial charge is 0.444 e. The van der Waals surface area contributed by atoms with E-state index in [1.165, 1.54) is 12.8 Å². The van der Waals surface area contributed by atoms with Gasteiger partial charge in [-0.05, 0) is 57.7 Å². The summed E-state index contributed by atoms with van der Waals surface area (Å²) in [5.74, 6) is 1.60. The van der Waals surface area contributed by atoms with E-state index in [4.69, 9.17) is 16.3 Å². The third-order valence-electron chi connectivity index (χ3n) is 6.07. The van der Waals surface area contributed by atoms with Gasteiger partial charge in [-0.15, -0.1) is 5.10 Å². The average Bonchev–Trinajstić information content (AvgIpc) is 3.51. The molecule has 1 saturated heterocycles. The number of carbonyl (C=O) groups excluding carboxylic acids is 1. The minimum absolute atomic E-state index is 0.260. The van der Waals surface area contributed by atoms with E-state index in [-0.39, 0.29) is 6.09 Å². The van der Waals surface area contributed by atoms with Crippen molar-refractivity contribution in [1.29, 1.82) is 0 Å². The number of halogens is 1. The lowest BCUT2D eigenvalue weighted by molar-refractivity contribution is 0.0240. The summed E-state index contributed by atoms with van der Waals surface area (Å²) in [7, 11) is 0. The molecule has 1 amide bonds. The number of amides is 1. The molecule has 1 saturated carbocycles. The lowest BCUT2D eigenvalue weighted by Crippen LogP contribution is -2.50. The number of hydrogen-bond acceptors (Lipinski definition) is 6. The number of carbonyl (C=O) groups is 1. The molecule has 8 nitrogen and oxygen atoms in total. The minimum atomic E-state index is -0.485. The SMILES string of the molecule is CC(C)(C)OC(=O)N1CCN(c2ccc(-c3ccc4c(nnn4CC4CC4)c3Cl)cn2)CC1. The van der Waals surface area contributed by atoms with E-state index in [0.29, 0.717) is 31.2 Å². The van der Waals surface area contributed by atoms with Crippen molar-refractivity contribution in [2.45, 2.75) is 45.8 Å². The van der Waals surface area contributed by atoms with Crippen molar-refractivity contribution in [3.8, 4) is 11.1 Å². The highest BCUT2D eigenvalue weighted by atomic mass is 35.5. The normalized spacial score (nSPS) is 17.0. The molecule has 1 aromatic carbocycles. The highest BCUT2D eigenvalue weighted by molar-refractivity contribution is 6.37. The lowest BCUT2D eigenvalue weighted by atomic mass is 10.1. The van der Waals surface area contributed by atoms with Crippen LogP contribution in [0.3, 0.4) is 0 Å². The first-order chi connectivity index (χ1) is 15.8. The number of aromatic nitrogens is 4. The summed E-state index contributed by atoms with van der Waals surface area (Å²) >= 11 is 6.72. The van der Waals surface area contributed by atoms with Crippen LogP contribution in [0, 0.1) is 5.92 Å². The molecular weight excluding hydrogens is 440 g/mol. The van der Waals surface area contributed by atoms with Gasteiger partial charge in [0.2, 0.25) is 0 Å². The Labute approximate surface area is 198 Å². The Kier molecular flexibility index (Phi) is 5.64. The number of nitrogens with zero attached hydrogens (tertiary/aromatic N) is 6. The van der Waals surface area contributed by atoms with E-state index in [0.717, 1.165) is 40.4 Å². The second-order valence-electron chi connectivity index (χ2n) is 9.87. The fourth-order valence-corrected chi connectivity index (χ4v) is 4.39. The van der Waals surface area contributed by atoms with Gasteiger partial charge in [-0.1, -0.05) is 22.9 Å². The molecule has 0 N–H and O–H groups in total. The maximum atomic E-state index is 12.3. The monoisotopic (exact) mass is 468 g/mol. The van der Waals surface area contributed by atoms with Crippen LogP contribution in [0.2, 0.25) is 5.02 Å². The number of hydrogen-bond donors (Lipinski definition) is 0. The topological polar surface area (TPSA) is 76.4 Å². The number of piperazine rings is 1. The smallest absolute Gasteiger partial charge is 0.410 e. The first kappa shape index (κ1) is 21.9. The molecule has 2 fully saturated rings. The number of benzene rings is 1. The van der Waals surface area contributed by atoms with E-state index in [1.54, 1.807) is 4.90 Å². The third kappa shape index (κ3) is 4.76. The summed E-state index contributed by atoms with van der Waals surface area (Å²) in [6, 6.07) is 8.10. The van der Waals surface area contributed by atoms with Gasteiger partial charge < -0.3 is 14.5 Å². The number of fused-ring (bicyclic) bond motifs is 1.